The van der Waals surface area contributed by atoms with E-state index in [9.17, 15) is 14.4 Å². The lowest BCUT2D eigenvalue weighted by molar-refractivity contribution is -0.137. The fourth-order valence-electron chi connectivity index (χ4n) is 4.82. The maximum atomic E-state index is 13.6. The SMILES string of the molecule is CCOC(=O)/C=C1/NC(=O)[C@@H]1[C@@H](C)OC(=O)c1cc(OCc2ccccc2)c(OCc2ccccc2)c(OCc2ccccc2)c1. The van der Waals surface area contributed by atoms with Crippen molar-refractivity contribution in [2.24, 2.45) is 5.92 Å². The zero-order chi connectivity index (χ0) is 32.3. The molecule has 0 aromatic heterocycles. The maximum absolute atomic E-state index is 13.6. The number of β-lactam (4-membered cyclic amide) rings is 1. The van der Waals surface area contributed by atoms with Gasteiger partial charge >= 0.3 is 11.9 Å². The van der Waals surface area contributed by atoms with Crippen molar-refractivity contribution in [2.75, 3.05) is 6.61 Å². The molecule has 1 N–H and O–H groups in total. The van der Waals surface area contributed by atoms with E-state index in [1.165, 1.54) is 6.08 Å². The smallest absolute Gasteiger partial charge is 0.338 e. The highest BCUT2D eigenvalue weighted by Gasteiger charge is 2.41. The van der Waals surface area contributed by atoms with E-state index < -0.39 is 24.0 Å². The summed E-state index contributed by atoms with van der Waals surface area (Å²) in [6, 6.07) is 32.0. The molecule has 1 heterocycles. The number of amides is 1. The number of carbonyl (C=O) groups is 3. The van der Waals surface area contributed by atoms with Crippen LogP contribution in [-0.4, -0.2) is 30.6 Å². The van der Waals surface area contributed by atoms with Gasteiger partial charge in [-0.2, -0.15) is 0 Å². The summed E-state index contributed by atoms with van der Waals surface area (Å²) in [4.78, 5) is 37.9. The molecule has 0 unspecified atom stereocenters. The van der Waals surface area contributed by atoms with Gasteiger partial charge in [0.15, 0.2) is 11.5 Å². The Morgan fingerprint density at radius 2 is 1.24 bits per heavy atom. The van der Waals surface area contributed by atoms with Gasteiger partial charge in [-0.3, -0.25) is 4.79 Å². The van der Waals surface area contributed by atoms with Crippen LogP contribution in [0.1, 0.15) is 40.9 Å². The third kappa shape index (κ3) is 8.32. The standard InChI is InChI=1S/C37H35NO8/c1-3-42-33(39)21-30-34(36(40)38-30)25(2)46-37(41)29-19-31(43-22-26-13-7-4-8-14-26)35(45-24-28-17-11-6-12-18-28)32(20-29)44-23-27-15-9-5-10-16-27/h4-21,25,34H,3,22-24H2,1-2H3,(H,38,40)/b30-21+/t25-,34-/m1/s1. The molecule has 5 rings (SSSR count). The van der Waals surface area contributed by atoms with Crippen LogP contribution in [0.4, 0.5) is 0 Å². The van der Waals surface area contributed by atoms with Crippen molar-refractivity contribution in [1.29, 1.82) is 0 Å². The summed E-state index contributed by atoms with van der Waals surface area (Å²) in [7, 11) is 0. The molecule has 4 aromatic rings. The molecule has 1 fully saturated rings. The van der Waals surface area contributed by atoms with Gasteiger partial charge in [0, 0.05) is 11.8 Å². The van der Waals surface area contributed by atoms with E-state index in [0.717, 1.165) is 16.7 Å². The van der Waals surface area contributed by atoms with Crippen molar-refractivity contribution in [3.63, 3.8) is 0 Å². The first-order chi connectivity index (χ1) is 22.4. The number of rotatable bonds is 14. The minimum absolute atomic E-state index is 0.140. The Morgan fingerprint density at radius 1 is 0.761 bits per heavy atom. The first-order valence-electron chi connectivity index (χ1n) is 15.0. The number of hydrogen-bond donors (Lipinski definition) is 1. The Balaban J connectivity index is 1.45. The third-order valence-corrected chi connectivity index (χ3v) is 7.16. The summed E-state index contributed by atoms with van der Waals surface area (Å²) in [6.45, 7) is 4.12. The predicted octanol–water partition coefficient (Wildman–Crippen LogP) is 6.16. The molecule has 1 aliphatic heterocycles. The van der Waals surface area contributed by atoms with Crippen molar-refractivity contribution in [3.8, 4) is 17.2 Å². The lowest BCUT2D eigenvalue weighted by Gasteiger charge is -2.33. The Morgan fingerprint density at radius 3 is 1.70 bits per heavy atom. The molecule has 0 bridgehead atoms. The second kappa shape index (κ2) is 15.4. The molecule has 236 valence electrons. The van der Waals surface area contributed by atoms with Gasteiger partial charge in [0.1, 0.15) is 31.8 Å². The monoisotopic (exact) mass is 621 g/mol. The highest BCUT2D eigenvalue weighted by molar-refractivity contribution is 5.96. The van der Waals surface area contributed by atoms with E-state index in [1.807, 2.05) is 91.0 Å². The Bertz CT molecular complexity index is 1610. The molecule has 0 spiro atoms. The number of nitrogens with one attached hydrogen (secondary N) is 1. The average molecular weight is 622 g/mol. The zero-order valence-corrected chi connectivity index (χ0v) is 25.6. The number of carbonyl (C=O) groups excluding carboxylic acids is 3. The van der Waals surface area contributed by atoms with Gasteiger partial charge in [0.2, 0.25) is 11.7 Å². The van der Waals surface area contributed by atoms with E-state index in [2.05, 4.69) is 5.32 Å². The quantitative estimate of drug-likeness (QED) is 0.101. The lowest BCUT2D eigenvalue weighted by Crippen LogP contribution is -2.52. The van der Waals surface area contributed by atoms with E-state index in [4.69, 9.17) is 23.7 Å². The van der Waals surface area contributed by atoms with Gasteiger partial charge < -0.3 is 29.0 Å². The molecule has 4 aromatic carbocycles. The summed E-state index contributed by atoms with van der Waals surface area (Å²) in [5.74, 6) is -1.58. The van der Waals surface area contributed by atoms with Gasteiger partial charge in [-0.1, -0.05) is 91.0 Å². The second-order valence-corrected chi connectivity index (χ2v) is 10.6. The second-order valence-electron chi connectivity index (χ2n) is 10.6. The minimum Gasteiger partial charge on any atom is -0.485 e. The molecule has 1 saturated heterocycles. The summed E-state index contributed by atoms with van der Waals surface area (Å²) in [5.41, 5.74) is 3.24. The number of benzene rings is 4. The Labute approximate surface area is 267 Å². The van der Waals surface area contributed by atoms with Crippen LogP contribution in [0.5, 0.6) is 17.2 Å². The third-order valence-electron chi connectivity index (χ3n) is 7.16. The molecular formula is C37H35NO8. The van der Waals surface area contributed by atoms with Gasteiger partial charge in [-0.15, -0.1) is 0 Å². The van der Waals surface area contributed by atoms with Crippen LogP contribution >= 0.6 is 0 Å². The molecule has 0 radical (unpaired) electrons. The number of ether oxygens (including phenoxy) is 5. The van der Waals surface area contributed by atoms with Crippen molar-refractivity contribution in [2.45, 2.75) is 39.8 Å². The first kappa shape index (κ1) is 31.8. The lowest BCUT2D eigenvalue weighted by atomic mass is 9.90. The molecule has 46 heavy (non-hydrogen) atoms. The summed E-state index contributed by atoms with van der Waals surface area (Å²) in [6.07, 6.45) is 0.322. The zero-order valence-electron chi connectivity index (χ0n) is 25.6. The Kier molecular flexibility index (Phi) is 10.7. The Hall–Kier alpha value is -5.57. The summed E-state index contributed by atoms with van der Waals surface area (Å²) >= 11 is 0. The van der Waals surface area contributed by atoms with Gasteiger partial charge in [-0.05, 0) is 42.7 Å². The maximum Gasteiger partial charge on any atom is 0.338 e. The molecular weight excluding hydrogens is 586 g/mol. The summed E-state index contributed by atoms with van der Waals surface area (Å²) < 4.78 is 29.5. The van der Waals surface area contributed by atoms with Crippen LogP contribution in [0.3, 0.4) is 0 Å². The van der Waals surface area contributed by atoms with E-state index in [1.54, 1.807) is 26.0 Å². The highest BCUT2D eigenvalue weighted by Crippen LogP contribution is 2.41. The van der Waals surface area contributed by atoms with Crippen LogP contribution < -0.4 is 19.5 Å². The van der Waals surface area contributed by atoms with Crippen LogP contribution in [0.2, 0.25) is 0 Å². The van der Waals surface area contributed by atoms with Crippen LogP contribution in [0, 0.1) is 5.92 Å². The van der Waals surface area contributed by atoms with E-state index in [0.29, 0.717) is 11.4 Å². The fourth-order valence-corrected chi connectivity index (χ4v) is 4.82. The van der Waals surface area contributed by atoms with Gasteiger partial charge in [0.25, 0.3) is 0 Å². The summed E-state index contributed by atoms with van der Waals surface area (Å²) in [5, 5.41) is 2.57. The molecule has 9 nitrogen and oxygen atoms in total. The first-order valence-corrected chi connectivity index (χ1v) is 15.0. The van der Waals surface area contributed by atoms with Crippen LogP contribution in [-0.2, 0) is 38.9 Å². The molecule has 9 heteroatoms. The predicted molar refractivity (Wildman–Crippen MR) is 170 cm³/mol. The molecule has 1 aliphatic rings. The van der Waals surface area contributed by atoms with Gasteiger partial charge in [-0.25, -0.2) is 9.59 Å². The molecule has 0 aliphatic carbocycles. The molecule has 0 saturated carbocycles. The van der Waals surface area contributed by atoms with Crippen LogP contribution in [0.15, 0.2) is 115 Å². The normalized spacial score (nSPS) is 15.2. The van der Waals surface area contributed by atoms with E-state index in [-0.39, 0.29) is 49.4 Å². The largest absolute Gasteiger partial charge is 0.485 e. The molecule has 2 atom stereocenters. The van der Waals surface area contributed by atoms with Crippen molar-refractivity contribution < 1.29 is 38.1 Å². The number of esters is 2. The fraction of sp³-hybridized carbons (Fsp3) is 0.216. The highest BCUT2D eigenvalue weighted by atomic mass is 16.6. The van der Waals surface area contributed by atoms with Crippen molar-refractivity contribution in [3.05, 3.63) is 137 Å². The number of hydrogen-bond acceptors (Lipinski definition) is 8. The minimum atomic E-state index is -0.877. The van der Waals surface area contributed by atoms with Crippen molar-refractivity contribution in [1.82, 2.24) is 5.32 Å². The average Bonchev–Trinajstić information content (AvgIpc) is 3.06. The van der Waals surface area contributed by atoms with Crippen LogP contribution in [0.25, 0.3) is 0 Å². The van der Waals surface area contributed by atoms with E-state index >= 15 is 0 Å². The molecule has 1 amide bonds. The topological polar surface area (TPSA) is 109 Å². The van der Waals surface area contributed by atoms with Crippen molar-refractivity contribution >= 4 is 17.8 Å². The van der Waals surface area contributed by atoms with Gasteiger partial charge in [0.05, 0.1) is 12.2 Å².